The number of pyridine rings is 4. The lowest BCUT2D eigenvalue weighted by atomic mass is 9.86. The van der Waals surface area contributed by atoms with Crippen molar-refractivity contribution in [3.63, 3.8) is 0 Å². The molecule has 54 heavy (non-hydrogen) atoms. The molecule has 276 valence electrons. The van der Waals surface area contributed by atoms with Gasteiger partial charge in [0, 0.05) is 38.6 Å². The monoisotopic (exact) mass is 732 g/mol. The average molecular weight is 733 g/mol. The van der Waals surface area contributed by atoms with Crippen molar-refractivity contribution in [2.24, 2.45) is 0 Å². The van der Waals surface area contributed by atoms with E-state index < -0.39 is 35.3 Å². The number of para-hydroxylation sites is 2. The highest BCUT2D eigenvalue weighted by molar-refractivity contribution is 5.87. The van der Waals surface area contributed by atoms with Crippen molar-refractivity contribution in [2.45, 2.75) is 64.2 Å². The minimum Gasteiger partial charge on any atom is -0.870 e. The molecule has 3 aliphatic heterocycles. The average Bonchev–Trinajstić information content (AvgIpc) is 3.72. The summed E-state index contributed by atoms with van der Waals surface area (Å²) < 4.78 is 8.18. The predicted octanol–water partition coefficient (Wildman–Crippen LogP) is 3.62. The fourth-order valence-electron chi connectivity index (χ4n) is 7.62. The maximum Gasteiger partial charge on any atom is 1.00 e. The van der Waals surface area contributed by atoms with Gasteiger partial charge in [0.1, 0.15) is 6.61 Å². The van der Waals surface area contributed by atoms with Crippen LogP contribution in [0.5, 0.6) is 0 Å². The molecular formula is C40H36N4O10. The van der Waals surface area contributed by atoms with Crippen molar-refractivity contribution in [1.82, 2.24) is 19.1 Å². The lowest BCUT2D eigenvalue weighted by Gasteiger charge is -2.31. The topological polar surface area (TPSA) is 224 Å². The zero-order valence-electron chi connectivity index (χ0n) is 30.2. The normalized spacial score (nSPS) is 17.2. The van der Waals surface area contributed by atoms with E-state index in [0.29, 0.717) is 34.8 Å². The Kier molecular flexibility index (Phi) is 8.81. The van der Waals surface area contributed by atoms with Crippen LogP contribution in [0, 0.1) is 0 Å². The molecule has 2 aromatic carbocycles. The summed E-state index contributed by atoms with van der Waals surface area (Å²) in [4.78, 5) is 59.1. The fraction of sp³-hybridized carbons (Fsp3) is 0.250. The van der Waals surface area contributed by atoms with Gasteiger partial charge in [0.25, 0.3) is 11.1 Å². The van der Waals surface area contributed by atoms with E-state index in [1.165, 1.54) is 17.6 Å². The Labute approximate surface area is 308 Å². The van der Waals surface area contributed by atoms with Gasteiger partial charge < -0.3 is 39.8 Å². The first-order valence-corrected chi connectivity index (χ1v) is 17.2. The Balaban J connectivity index is 0.000000181. The van der Waals surface area contributed by atoms with Crippen LogP contribution in [0.25, 0.3) is 44.6 Å². The summed E-state index contributed by atoms with van der Waals surface area (Å²) in [5.74, 6) is -2.17. The van der Waals surface area contributed by atoms with E-state index in [1.54, 1.807) is 17.6 Å². The van der Waals surface area contributed by atoms with Crippen LogP contribution in [-0.4, -0.2) is 56.9 Å². The zero-order valence-corrected chi connectivity index (χ0v) is 29.2. The fourth-order valence-corrected chi connectivity index (χ4v) is 7.62. The summed E-state index contributed by atoms with van der Waals surface area (Å²) in [5, 5.41) is 42.7. The SMILES string of the molecule is CC[C@](O)(C(=O)O)c1cc2n(c(=O)c1CO)Cc1cc3ccccc3nc1-2.CC[C@]1(O)C(=O)OCc2c1cc1n(c2=O)Cc2cc3ccccc3nc2-1.[H+].[OH-]. The van der Waals surface area contributed by atoms with Crippen LogP contribution in [0.1, 0.15) is 61.5 Å². The van der Waals surface area contributed by atoms with Crippen molar-refractivity contribution < 1.29 is 41.7 Å². The number of esters is 1. The number of rotatable bonds is 5. The summed E-state index contributed by atoms with van der Waals surface area (Å²) in [6.45, 7) is 3.15. The number of aliphatic hydroxyl groups excluding tert-OH is 1. The van der Waals surface area contributed by atoms with Gasteiger partial charge in [-0.15, -0.1) is 0 Å². The van der Waals surface area contributed by atoms with E-state index in [9.17, 15) is 39.6 Å². The number of carboxylic acid groups (broad SMARTS) is 1. The predicted molar refractivity (Wildman–Crippen MR) is 196 cm³/mol. The van der Waals surface area contributed by atoms with E-state index in [0.717, 1.165) is 38.6 Å². The van der Waals surface area contributed by atoms with Gasteiger partial charge in [0.15, 0.2) is 11.2 Å². The van der Waals surface area contributed by atoms with Gasteiger partial charge in [-0.1, -0.05) is 50.2 Å². The molecule has 14 nitrogen and oxygen atoms in total. The molecule has 2 atom stereocenters. The molecule has 5 N–H and O–H groups in total. The van der Waals surface area contributed by atoms with Crippen LogP contribution in [0.3, 0.4) is 0 Å². The number of aromatic nitrogens is 4. The highest BCUT2D eigenvalue weighted by atomic mass is 16.6. The van der Waals surface area contributed by atoms with Crippen LogP contribution in [0.2, 0.25) is 0 Å². The number of carboxylic acids is 1. The number of aliphatic carboxylic acids is 1. The summed E-state index contributed by atoms with van der Waals surface area (Å²) in [6, 6.07) is 22.5. The minimum atomic E-state index is -2.26. The summed E-state index contributed by atoms with van der Waals surface area (Å²) in [6.07, 6.45) is -0.00400. The molecule has 0 amide bonds. The number of benzene rings is 2. The van der Waals surface area contributed by atoms with Crippen molar-refractivity contribution >= 4 is 33.7 Å². The zero-order chi connectivity index (χ0) is 37.4. The van der Waals surface area contributed by atoms with Crippen molar-refractivity contribution in [2.75, 3.05) is 0 Å². The van der Waals surface area contributed by atoms with E-state index in [1.807, 2.05) is 60.7 Å². The third-order valence-corrected chi connectivity index (χ3v) is 10.7. The molecule has 0 spiro atoms. The number of cyclic esters (lactones) is 1. The third kappa shape index (κ3) is 5.25. The molecule has 4 aromatic heterocycles. The molecular weight excluding hydrogens is 696 g/mol. The standard InChI is InChI=1S/C20H18N2O5.C20H16N2O4.H2O/c1-2-20(27,19(25)26)14-8-16-17-12(9-22(16)18(24)13(14)10-23)7-11-5-3-4-6-15(11)21-17;1-2-20(25)14-8-16-17-12(7-11-5-3-4-6-15(11)21-17)9-22(16)18(23)13(14)10-26-19(20)24;/h3-8,23,27H,2,9-10H2,1H3,(H,25,26);3-8,25H,2,9-10H2,1H3;1H2/t2*20-;/m11./s1. The lowest BCUT2D eigenvalue weighted by molar-refractivity contribution is -0.172. The summed E-state index contributed by atoms with van der Waals surface area (Å²) in [7, 11) is 0. The van der Waals surface area contributed by atoms with Crippen LogP contribution in [0.4, 0.5) is 0 Å². The third-order valence-electron chi connectivity index (χ3n) is 10.7. The molecule has 0 radical (unpaired) electrons. The molecule has 7 heterocycles. The molecule has 6 aromatic rings. The second kappa shape index (κ2) is 13.1. The Morgan fingerprint density at radius 2 is 1.41 bits per heavy atom. The van der Waals surface area contributed by atoms with E-state index >= 15 is 0 Å². The van der Waals surface area contributed by atoms with E-state index in [4.69, 9.17) is 9.72 Å². The second-order valence-corrected chi connectivity index (χ2v) is 13.5. The molecule has 14 heteroatoms. The van der Waals surface area contributed by atoms with Crippen molar-refractivity contribution in [3.05, 3.63) is 127 Å². The van der Waals surface area contributed by atoms with Crippen LogP contribution in [0.15, 0.2) is 82.4 Å². The largest absolute Gasteiger partial charge is 1.00 e. The molecule has 0 saturated carbocycles. The molecule has 0 aliphatic carbocycles. The molecule has 9 rings (SSSR count). The first kappa shape index (κ1) is 36.3. The van der Waals surface area contributed by atoms with Crippen LogP contribution < -0.4 is 11.1 Å². The Hall–Kier alpha value is -6.06. The second-order valence-electron chi connectivity index (χ2n) is 13.5. The van der Waals surface area contributed by atoms with Gasteiger partial charge >= 0.3 is 13.4 Å². The van der Waals surface area contributed by atoms with E-state index in [2.05, 4.69) is 4.98 Å². The lowest BCUT2D eigenvalue weighted by Crippen LogP contribution is -2.44. The highest BCUT2D eigenvalue weighted by Crippen LogP contribution is 2.39. The number of carbonyl (C=O) groups is 2. The van der Waals surface area contributed by atoms with Crippen molar-refractivity contribution in [3.8, 4) is 22.8 Å². The minimum absolute atomic E-state index is 0. The smallest absolute Gasteiger partial charge is 0.870 e. The molecule has 0 bridgehead atoms. The number of fused-ring (bicyclic) bond motifs is 9. The summed E-state index contributed by atoms with van der Waals surface area (Å²) in [5.41, 5.74) is 1.47. The molecule has 0 unspecified atom stereocenters. The number of hydrogen-bond donors (Lipinski definition) is 4. The van der Waals surface area contributed by atoms with Crippen LogP contribution in [-0.2, 0) is 51.8 Å². The Morgan fingerprint density at radius 1 is 0.870 bits per heavy atom. The number of hydrogen-bond acceptors (Lipinski definition) is 11. The Morgan fingerprint density at radius 3 is 1.93 bits per heavy atom. The first-order valence-electron chi connectivity index (χ1n) is 17.2. The van der Waals surface area contributed by atoms with E-state index in [-0.39, 0.29) is 49.6 Å². The number of aliphatic hydroxyl groups is 3. The first-order chi connectivity index (χ1) is 25.4. The Bertz CT molecular complexity index is 2690. The van der Waals surface area contributed by atoms with Gasteiger partial charge in [0.05, 0.1) is 59.1 Å². The maximum absolute atomic E-state index is 13.0. The van der Waals surface area contributed by atoms with Gasteiger partial charge in [-0.2, -0.15) is 0 Å². The van der Waals surface area contributed by atoms with Crippen LogP contribution >= 0.6 is 0 Å². The highest BCUT2D eigenvalue weighted by Gasteiger charge is 2.45. The molecule has 0 fully saturated rings. The van der Waals surface area contributed by atoms with Gasteiger partial charge in [-0.3, -0.25) is 9.59 Å². The maximum atomic E-state index is 13.0. The number of ether oxygens (including phenoxy) is 1. The number of nitrogens with zero attached hydrogens (tertiary/aromatic N) is 4. The van der Waals surface area contributed by atoms with Gasteiger partial charge in [0.2, 0.25) is 0 Å². The molecule has 3 aliphatic rings. The molecule has 0 saturated heterocycles. The van der Waals surface area contributed by atoms with Crippen molar-refractivity contribution in [1.29, 1.82) is 0 Å². The summed E-state index contributed by atoms with van der Waals surface area (Å²) >= 11 is 0. The quantitative estimate of drug-likeness (QED) is 0.186. The number of carbonyl (C=O) groups excluding carboxylic acids is 1. The van der Waals surface area contributed by atoms with Gasteiger partial charge in [-0.05, 0) is 49.2 Å². The van der Waals surface area contributed by atoms with Gasteiger partial charge in [-0.25, -0.2) is 19.6 Å².